The molecule has 2 atom stereocenters. The van der Waals surface area contributed by atoms with E-state index in [1.54, 1.807) is 0 Å². The van der Waals surface area contributed by atoms with Gasteiger partial charge in [0.05, 0.1) is 0 Å². The largest absolute Gasteiger partial charge is 0.489 e. The van der Waals surface area contributed by atoms with E-state index >= 15 is 0 Å². The lowest BCUT2D eigenvalue weighted by Crippen LogP contribution is -2.41. The van der Waals surface area contributed by atoms with Gasteiger partial charge in [-0.05, 0) is 79.0 Å². The van der Waals surface area contributed by atoms with Crippen molar-refractivity contribution >= 4 is 0 Å². The van der Waals surface area contributed by atoms with Crippen LogP contribution >= 0.6 is 0 Å². The van der Waals surface area contributed by atoms with Gasteiger partial charge in [0.2, 0.25) is 0 Å². The summed E-state index contributed by atoms with van der Waals surface area (Å²) in [6.45, 7) is 3.99. The molecule has 2 unspecified atom stereocenters. The van der Waals surface area contributed by atoms with E-state index in [0.29, 0.717) is 12.5 Å². The molecule has 0 saturated heterocycles. The van der Waals surface area contributed by atoms with Crippen molar-refractivity contribution in [2.45, 2.75) is 51.2 Å². The molecule has 2 saturated carbocycles. The van der Waals surface area contributed by atoms with E-state index in [1.807, 2.05) is 25.3 Å². The lowest BCUT2D eigenvalue weighted by atomic mass is 9.69. The first-order valence-electron chi connectivity index (χ1n) is 11.0. The van der Waals surface area contributed by atoms with Crippen LogP contribution in [-0.4, -0.2) is 13.7 Å². The average molecular weight is 392 g/mol. The molecule has 2 aliphatic rings. The summed E-state index contributed by atoms with van der Waals surface area (Å²) in [5.41, 5.74) is 3.42. The average Bonchev–Trinajstić information content (AvgIpc) is 3.58. The smallest absolute Gasteiger partial charge is 0.119 e. The summed E-state index contributed by atoms with van der Waals surface area (Å²) in [6.07, 6.45) is 8.47. The Hall–Kier alpha value is -2.26. The third kappa shape index (κ3) is 4.51. The van der Waals surface area contributed by atoms with Gasteiger partial charge >= 0.3 is 0 Å². The molecule has 0 aliphatic heterocycles. The summed E-state index contributed by atoms with van der Waals surface area (Å²) >= 11 is 0. The van der Waals surface area contributed by atoms with Crippen LogP contribution in [0.15, 0.2) is 66.4 Å². The Labute approximate surface area is 175 Å². The predicted octanol–water partition coefficient (Wildman–Crippen LogP) is 5.81. The molecule has 0 radical (unpaired) electrons. The molecule has 0 aromatic heterocycles. The van der Waals surface area contributed by atoms with Gasteiger partial charge in [0, 0.05) is 13.7 Å². The summed E-state index contributed by atoms with van der Waals surface area (Å²) < 4.78 is 12.3. The fourth-order valence-electron chi connectivity index (χ4n) is 4.61. The Morgan fingerprint density at radius 1 is 1.03 bits per heavy atom. The quantitative estimate of drug-likeness (QED) is 0.616. The van der Waals surface area contributed by atoms with Gasteiger partial charge in [0.25, 0.3) is 0 Å². The topological polar surface area (TPSA) is 30.5 Å². The van der Waals surface area contributed by atoms with Gasteiger partial charge in [0.1, 0.15) is 18.0 Å². The third-order valence-corrected chi connectivity index (χ3v) is 6.49. The maximum absolute atomic E-state index is 6.28. The van der Waals surface area contributed by atoms with Crippen LogP contribution in [-0.2, 0) is 16.9 Å². The summed E-state index contributed by atoms with van der Waals surface area (Å²) in [5.74, 6) is 2.20. The molecule has 29 heavy (non-hydrogen) atoms. The maximum Gasteiger partial charge on any atom is 0.119 e. The lowest BCUT2D eigenvalue weighted by molar-refractivity contribution is -0.0434. The van der Waals surface area contributed by atoms with Crippen LogP contribution in [0, 0.1) is 11.8 Å². The Morgan fingerprint density at radius 2 is 1.79 bits per heavy atom. The Bertz CT molecular complexity index is 810. The molecule has 2 aromatic carbocycles. The van der Waals surface area contributed by atoms with Gasteiger partial charge < -0.3 is 14.8 Å². The molecule has 1 N–H and O–H groups in total. The van der Waals surface area contributed by atoms with Crippen molar-refractivity contribution in [2.24, 2.45) is 11.8 Å². The molecular weight excluding hydrogens is 358 g/mol. The molecular formula is C26H33NO2. The molecule has 3 nitrogen and oxygen atoms in total. The second-order valence-corrected chi connectivity index (χ2v) is 8.55. The van der Waals surface area contributed by atoms with Crippen LogP contribution in [0.2, 0.25) is 0 Å². The molecule has 0 heterocycles. The van der Waals surface area contributed by atoms with Crippen LogP contribution in [0.5, 0.6) is 5.75 Å². The predicted molar refractivity (Wildman–Crippen MR) is 118 cm³/mol. The van der Waals surface area contributed by atoms with Gasteiger partial charge in [-0.3, -0.25) is 0 Å². The van der Waals surface area contributed by atoms with E-state index < -0.39 is 0 Å². The highest BCUT2D eigenvalue weighted by Crippen LogP contribution is 2.48. The van der Waals surface area contributed by atoms with E-state index in [0.717, 1.165) is 24.6 Å². The number of nitrogens with one attached hydrogen (secondary N) is 1. The molecule has 3 heteroatoms. The van der Waals surface area contributed by atoms with Crippen LogP contribution in [0.1, 0.15) is 50.2 Å². The van der Waals surface area contributed by atoms with E-state index in [9.17, 15) is 0 Å². The van der Waals surface area contributed by atoms with Gasteiger partial charge in [-0.2, -0.15) is 0 Å². The van der Waals surface area contributed by atoms with Crippen molar-refractivity contribution in [1.82, 2.24) is 5.32 Å². The highest BCUT2D eigenvalue weighted by molar-refractivity contribution is 5.39. The molecule has 2 aliphatic carbocycles. The van der Waals surface area contributed by atoms with E-state index in [1.165, 1.54) is 42.4 Å². The number of ether oxygens (including phenoxy) is 2. The van der Waals surface area contributed by atoms with Crippen molar-refractivity contribution in [1.29, 1.82) is 0 Å². The van der Waals surface area contributed by atoms with E-state index in [4.69, 9.17) is 9.47 Å². The molecule has 154 valence electrons. The fraction of sp³-hybridized carbons (Fsp3) is 0.462. The number of hydrogen-bond donors (Lipinski definition) is 1. The fourth-order valence-corrected chi connectivity index (χ4v) is 4.61. The third-order valence-electron chi connectivity index (χ3n) is 6.49. The second kappa shape index (κ2) is 9.04. The minimum Gasteiger partial charge on any atom is -0.489 e. The first kappa shape index (κ1) is 20.0. The summed E-state index contributed by atoms with van der Waals surface area (Å²) in [5, 5.41) is 3.58. The Kier molecular flexibility index (Phi) is 6.25. The molecule has 0 amide bonds. The molecule has 2 fully saturated rings. The highest BCUT2D eigenvalue weighted by Gasteiger charge is 2.44. The zero-order chi connectivity index (χ0) is 20.1. The second-order valence-electron chi connectivity index (χ2n) is 8.55. The van der Waals surface area contributed by atoms with Crippen LogP contribution < -0.4 is 10.1 Å². The summed E-state index contributed by atoms with van der Waals surface area (Å²) in [4.78, 5) is 0. The van der Waals surface area contributed by atoms with Crippen LogP contribution in [0.25, 0.3) is 0 Å². The SMILES string of the molecule is COC1(c2ccc(OCc3ccccc3)cc2)/C(=C\NCC2CC2)CCCC1C. The summed E-state index contributed by atoms with van der Waals surface area (Å²) in [7, 11) is 1.86. The summed E-state index contributed by atoms with van der Waals surface area (Å²) in [6, 6.07) is 18.8. The van der Waals surface area contributed by atoms with Crippen molar-refractivity contribution < 1.29 is 9.47 Å². The van der Waals surface area contributed by atoms with Crippen molar-refractivity contribution in [3.8, 4) is 5.75 Å². The van der Waals surface area contributed by atoms with Crippen molar-refractivity contribution in [2.75, 3.05) is 13.7 Å². The van der Waals surface area contributed by atoms with Crippen LogP contribution in [0.4, 0.5) is 0 Å². The number of hydrogen-bond acceptors (Lipinski definition) is 3. The standard InChI is InChI=1S/C26H33NO2/c1-20-7-6-10-24(18-27-17-21-11-12-21)26(20,28-2)23-13-15-25(16-14-23)29-19-22-8-4-3-5-9-22/h3-5,8-9,13-16,18,20-21,27H,6-7,10-12,17,19H2,1-2H3/b24-18-. The lowest BCUT2D eigenvalue weighted by Gasteiger charge is -2.44. The minimum atomic E-state index is -0.354. The zero-order valence-corrected chi connectivity index (χ0v) is 17.7. The van der Waals surface area contributed by atoms with Crippen LogP contribution in [0.3, 0.4) is 0 Å². The van der Waals surface area contributed by atoms with Crippen molar-refractivity contribution in [3.63, 3.8) is 0 Å². The number of rotatable bonds is 8. The molecule has 0 spiro atoms. The highest BCUT2D eigenvalue weighted by atomic mass is 16.5. The molecule has 0 bridgehead atoms. The molecule has 4 rings (SSSR count). The minimum absolute atomic E-state index is 0.354. The first-order valence-corrected chi connectivity index (χ1v) is 11.0. The zero-order valence-electron chi connectivity index (χ0n) is 17.7. The van der Waals surface area contributed by atoms with Crippen molar-refractivity contribution in [3.05, 3.63) is 77.5 Å². The monoisotopic (exact) mass is 391 g/mol. The Morgan fingerprint density at radius 3 is 2.48 bits per heavy atom. The number of benzene rings is 2. The number of methoxy groups -OCH3 is 1. The van der Waals surface area contributed by atoms with Gasteiger partial charge in [-0.25, -0.2) is 0 Å². The molecule has 2 aromatic rings. The van der Waals surface area contributed by atoms with Gasteiger partial charge in [0.15, 0.2) is 0 Å². The maximum atomic E-state index is 6.28. The van der Waals surface area contributed by atoms with E-state index in [-0.39, 0.29) is 5.60 Å². The Balaban J connectivity index is 1.51. The van der Waals surface area contributed by atoms with Gasteiger partial charge in [-0.1, -0.05) is 49.4 Å². The van der Waals surface area contributed by atoms with Gasteiger partial charge in [-0.15, -0.1) is 0 Å². The van der Waals surface area contributed by atoms with E-state index in [2.05, 4.69) is 54.8 Å². The normalized spacial score (nSPS) is 25.7. The first-order chi connectivity index (χ1) is 14.2.